The van der Waals surface area contributed by atoms with Gasteiger partial charge in [-0.1, -0.05) is 0 Å². The van der Waals surface area contributed by atoms with E-state index < -0.39 is 5.54 Å². The van der Waals surface area contributed by atoms with E-state index >= 15 is 0 Å². The molecule has 0 aliphatic rings. The van der Waals surface area contributed by atoms with Crippen molar-refractivity contribution in [3.63, 3.8) is 0 Å². The lowest BCUT2D eigenvalue weighted by Crippen LogP contribution is -2.56. The zero-order valence-electron chi connectivity index (χ0n) is 11.9. The predicted molar refractivity (Wildman–Crippen MR) is 72.2 cm³/mol. The van der Waals surface area contributed by atoms with E-state index in [4.69, 9.17) is 5.73 Å². The first-order valence-corrected chi connectivity index (χ1v) is 6.33. The van der Waals surface area contributed by atoms with Crippen LogP contribution < -0.4 is 11.1 Å². The summed E-state index contributed by atoms with van der Waals surface area (Å²) in [5.41, 5.74) is 5.92. The van der Waals surface area contributed by atoms with Crippen LogP contribution in [0.4, 0.5) is 0 Å². The Bertz CT molecular complexity index is 413. The highest BCUT2D eigenvalue weighted by Gasteiger charge is 2.33. The number of hydrogen-bond acceptors (Lipinski definition) is 3. The summed E-state index contributed by atoms with van der Waals surface area (Å²) in [5.74, 6) is -0.327. The van der Waals surface area contributed by atoms with Crippen LogP contribution in [0.15, 0.2) is 12.4 Å². The van der Waals surface area contributed by atoms with Gasteiger partial charge in [0.2, 0.25) is 5.91 Å². The monoisotopic (exact) mass is 252 g/mol. The number of carbonyl (C=O) groups excluding carboxylic acids is 1. The fraction of sp³-hybridized carbons (Fsp3) is 0.692. The van der Waals surface area contributed by atoms with Crippen molar-refractivity contribution in [3.05, 3.63) is 18.0 Å². The van der Waals surface area contributed by atoms with Crippen LogP contribution in [0.25, 0.3) is 0 Å². The van der Waals surface area contributed by atoms with Gasteiger partial charge in [-0.25, -0.2) is 0 Å². The lowest BCUT2D eigenvalue weighted by Gasteiger charge is -2.32. The maximum atomic E-state index is 11.7. The second kappa shape index (κ2) is 5.52. The zero-order chi connectivity index (χ0) is 13.9. The molecule has 0 saturated carbocycles. The molecule has 1 amide bonds. The molecule has 1 heterocycles. The number of carbonyl (C=O) groups is 1. The Labute approximate surface area is 109 Å². The van der Waals surface area contributed by atoms with E-state index in [-0.39, 0.29) is 18.0 Å². The van der Waals surface area contributed by atoms with Crippen LogP contribution >= 0.6 is 0 Å². The first-order valence-electron chi connectivity index (χ1n) is 6.33. The van der Waals surface area contributed by atoms with Crippen LogP contribution in [0.1, 0.15) is 45.7 Å². The molecular formula is C13H24N4O. The van der Waals surface area contributed by atoms with E-state index in [1.54, 1.807) is 0 Å². The van der Waals surface area contributed by atoms with E-state index in [9.17, 15) is 4.79 Å². The molecule has 0 spiro atoms. The number of primary amides is 1. The van der Waals surface area contributed by atoms with Gasteiger partial charge in [0.05, 0.1) is 17.8 Å². The van der Waals surface area contributed by atoms with Crippen LogP contribution in [0.5, 0.6) is 0 Å². The molecule has 1 rings (SSSR count). The number of rotatable bonds is 6. The van der Waals surface area contributed by atoms with Crippen molar-refractivity contribution in [3.8, 4) is 0 Å². The SMILES string of the molecule is Cc1cnn(C(C)CC(C)(NC(C)C)C(N)=O)c1. The average molecular weight is 252 g/mol. The van der Waals surface area contributed by atoms with Gasteiger partial charge in [-0.05, 0) is 46.6 Å². The normalized spacial score (nSPS) is 16.6. The highest BCUT2D eigenvalue weighted by atomic mass is 16.1. The molecule has 0 saturated heterocycles. The van der Waals surface area contributed by atoms with Gasteiger partial charge in [-0.15, -0.1) is 0 Å². The lowest BCUT2D eigenvalue weighted by molar-refractivity contribution is -0.124. The second-order valence-corrected chi connectivity index (χ2v) is 5.55. The number of aryl methyl sites for hydroxylation is 1. The molecule has 0 fully saturated rings. The molecule has 0 aliphatic heterocycles. The quantitative estimate of drug-likeness (QED) is 0.803. The van der Waals surface area contributed by atoms with Crippen molar-refractivity contribution in [1.82, 2.24) is 15.1 Å². The Morgan fingerprint density at radius 3 is 2.56 bits per heavy atom. The molecule has 1 aromatic heterocycles. The summed E-state index contributed by atoms with van der Waals surface area (Å²) in [5, 5.41) is 7.52. The largest absolute Gasteiger partial charge is 0.368 e. The summed E-state index contributed by atoms with van der Waals surface area (Å²) in [7, 11) is 0. The van der Waals surface area contributed by atoms with Crippen LogP contribution in [0.2, 0.25) is 0 Å². The fourth-order valence-electron chi connectivity index (χ4n) is 2.23. The topological polar surface area (TPSA) is 72.9 Å². The Hall–Kier alpha value is -1.36. The summed E-state index contributed by atoms with van der Waals surface area (Å²) in [6.45, 7) is 9.89. The molecular weight excluding hydrogens is 228 g/mol. The first kappa shape index (κ1) is 14.7. The number of nitrogens with one attached hydrogen (secondary N) is 1. The van der Waals surface area contributed by atoms with E-state index in [0.29, 0.717) is 6.42 Å². The van der Waals surface area contributed by atoms with Gasteiger partial charge in [0, 0.05) is 12.2 Å². The van der Waals surface area contributed by atoms with Gasteiger partial charge in [-0.3, -0.25) is 9.48 Å². The van der Waals surface area contributed by atoms with Crippen molar-refractivity contribution < 1.29 is 4.79 Å². The predicted octanol–water partition coefficient (Wildman–Crippen LogP) is 1.38. The second-order valence-electron chi connectivity index (χ2n) is 5.55. The van der Waals surface area contributed by atoms with Gasteiger partial charge < -0.3 is 11.1 Å². The van der Waals surface area contributed by atoms with E-state index in [1.165, 1.54) is 0 Å². The summed E-state index contributed by atoms with van der Waals surface area (Å²) in [6, 6.07) is 0.316. The molecule has 18 heavy (non-hydrogen) atoms. The third-order valence-corrected chi connectivity index (χ3v) is 3.04. The molecule has 102 valence electrons. The Morgan fingerprint density at radius 2 is 2.17 bits per heavy atom. The van der Waals surface area contributed by atoms with Crippen LogP contribution in [0.3, 0.4) is 0 Å². The zero-order valence-corrected chi connectivity index (χ0v) is 11.9. The number of aromatic nitrogens is 2. The number of hydrogen-bond donors (Lipinski definition) is 2. The highest BCUT2D eigenvalue weighted by molar-refractivity contribution is 5.84. The third kappa shape index (κ3) is 3.57. The van der Waals surface area contributed by atoms with Gasteiger partial charge in [-0.2, -0.15) is 5.10 Å². The van der Waals surface area contributed by atoms with Gasteiger partial charge in [0.15, 0.2) is 0 Å². The fourth-order valence-corrected chi connectivity index (χ4v) is 2.23. The molecule has 5 nitrogen and oxygen atoms in total. The van der Waals surface area contributed by atoms with Crippen molar-refractivity contribution in [1.29, 1.82) is 0 Å². The molecule has 3 N–H and O–H groups in total. The summed E-state index contributed by atoms with van der Waals surface area (Å²) >= 11 is 0. The maximum Gasteiger partial charge on any atom is 0.237 e. The van der Waals surface area contributed by atoms with Crippen LogP contribution in [-0.4, -0.2) is 27.3 Å². The summed E-state index contributed by atoms with van der Waals surface area (Å²) in [4.78, 5) is 11.7. The molecule has 0 aromatic carbocycles. The number of amides is 1. The van der Waals surface area contributed by atoms with Crippen LogP contribution in [0, 0.1) is 6.92 Å². The molecule has 5 heteroatoms. The minimum atomic E-state index is -0.715. The van der Waals surface area contributed by atoms with Crippen molar-refractivity contribution >= 4 is 5.91 Å². The van der Waals surface area contributed by atoms with Gasteiger partial charge >= 0.3 is 0 Å². The van der Waals surface area contributed by atoms with Gasteiger partial charge in [0.25, 0.3) is 0 Å². The van der Waals surface area contributed by atoms with Crippen molar-refractivity contribution in [2.75, 3.05) is 0 Å². The minimum absolute atomic E-state index is 0.113. The molecule has 0 aliphatic carbocycles. The summed E-state index contributed by atoms with van der Waals surface area (Å²) in [6.07, 6.45) is 4.40. The Kier molecular flexibility index (Phi) is 4.51. The highest BCUT2D eigenvalue weighted by Crippen LogP contribution is 2.21. The van der Waals surface area contributed by atoms with Crippen molar-refractivity contribution in [2.24, 2.45) is 5.73 Å². The third-order valence-electron chi connectivity index (χ3n) is 3.04. The molecule has 2 unspecified atom stereocenters. The molecule has 0 bridgehead atoms. The van der Waals surface area contributed by atoms with Gasteiger partial charge in [0.1, 0.15) is 0 Å². The molecule has 2 atom stereocenters. The lowest BCUT2D eigenvalue weighted by atomic mass is 9.92. The van der Waals surface area contributed by atoms with Crippen molar-refractivity contribution in [2.45, 2.75) is 58.7 Å². The van der Waals surface area contributed by atoms with E-state index in [2.05, 4.69) is 10.4 Å². The number of nitrogens with zero attached hydrogens (tertiary/aromatic N) is 2. The Balaban J connectivity index is 2.81. The summed E-state index contributed by atoms with van der Waals surface area (Å²) < 4.78 is 1.87. The number of nitrogens with two attached hydrogens (primary N) is 1. The molecule has 1 aromatic rings. The first-order chi connectivity index (χ1) is 8.24. The minimum Gasteiger partial charge on any atom is -0.368 e. The maximum absolute atomic E-state index is 11.7. The Morgan fingerprint density at radius 1 is 1.56 bits per heavy atom. The average Bonchev–Trinajstić information content (AvgIpc) is 2.63. The van der Waals surface area contributed by atoms with E-state index in [0.717, 1.165) is 5.56 Å². The van der Waals surface area contributed by atoms with Crippen LogP contribution in [-0.2, 0) is 4.79 Å². The molecule has 0 radical (unpaired) electrons. The smallest absolute Gasteiger partial charge is 0.237 e. The van der Waals surface area contributed by atoms with E-state index in [1.807, 2.05) is 51.7 Å². The standard InChI is InChI=1S/C13H24N4O/c1-9(2)16-13(5,12(14)18)6-11(4)17-8-10(3)7-15-17/h7-9,11,16H,6H2,1-5H3,(H2,14,18).